The third-order valence-electron chi connectivity index (χ3n) is 4.48. The highest BCUT2D eigenvalue weighted by Crippen LogP contribution is 2.23. The van der Waals surface area contributed by atoms with Crippen molar-refractivity contribution in [3.63, 3.8) is 0 Å². The van der Waals surface area contributed by atoms with E-state index in [-0.39, 0.29) is 5.82 Å². The van der Waals surface area contributed by atoms with Crippen molar-refractivity contribution >= 4 is 5.69 Å². The normalized spacial score (nSPS) is 16.9. The third kappa shape index (κ3) is 4.04. The Hall–Kier alpha value is -2.11. The summed E-state index contributed by atoms with van der Waals surface area (Å²) >= 11 is 0. The first-order valence-corrected chi connectivity index (χ1v) is 8.20. The molecule has 5 heteroatoms. The summed E-state index contributed by atoms with van der Waals surface area (Å²) in [5.74, 6) is 0.583. The fraction of sp³-hybridized carbons (Fsp3) is 0.368. The van der Waals surface area contributed by atoms with Crippen molar-refractivity contribution in [2.75, 3.05) is 44.7 Å². The largest absolute Gasteiger partial charge is 0.497 e. The van der Waals surface area contributed by atoms with Gasteiger partial charge >= 0.3 is 0 Å². The Kier molecular flexibility index (Phi) is 5.33. The number of β-amino-alcohol motifs (C(OH)–C–C–N with tert-alkyl or cyclic N) is 1. The van der Waals surface area contributed by atoms with E-state index >= 15 is 0 Å². The Balaban J connectivity index is 1.54. The third-order valence-corrected chi connectivity index (χ3v) is 4.48. The van der Waals surface area contributed by atoms with Gasteiger partial charge in [0.25, 0.3) is 0 Å². The van der Waals surface area contributed by atoms with Crippen LogP contribution in [0.25, 0.3) is 0 Å². The topological polar surface area (TPSA) is 35.9 Å². The molecule has 1 aliphatic rings. The van der Waals surface area contributed by atoms with Gasteiger partial charge in [-0.2, -0.15) is 0 Å². The predicted octanol–water partition coefficient (Wildman–Crippen LogP) is 2.69. The highest BCUT2D eigenvalue weighted by molar-refractivity contribution is 5.51. The van der Waals surface area contributed by atoms with Crippen LogP contribution in [0.4, 0.5) is 10.1 Å². The number of hydrogen-bond acceptors (Lipinski definition) is 4. The summed E-state index contributed by atoms with van der Waals surface area (Å²) < 4.78 is 18.2. The Morgan fingerprint density at radius 3 is 2.46 bits per heavy atom. The number of halogens is 1. The van der Waals surface area contributed by atoms with E-state index in [1.165, 1.54) is 12.1 Å². The first kappa shape index (κ1) is 16.7. The molecule has 2 aromatic rings. The van der Waals surface area contributed by atoms with Crippen molar-refractivity contribution in [3.8, 4) is 5.75 Å². The Morgan fingerprint density at radius 2 is 1.79 bits per heavy atom. The molecule has 3 rings (SSSR count). The zero-order valence-electron chi connectivity index (χ0n) is 13.9. The van der Waals surface area contributed by atoms with Crippen LogP contribution in [-0.2, 0) is 0 Å². The number of ether oxygens (including phenoxy) is 1. The van der Waals surface area contributed by atoms with E-state index in [9.17, 15) is 9.50 Å². The molecule has 1 aliphatic heterocycles. The lowest BCUT2D eigenvalue weighted by atomic mass is 10.1. The van der Waals surface area contributed by atoms with Crippen LogP contribution >= 0.6 is 0 Å². The van der Waals surface area contributed by atoms with Crippen LogP contribution in [0.1, 0.15) is 11.7 Å². The van der Waals surface area contributed by atoms with Gasteiger partial charge in [-0.15, -0.1) is 0 Å². The minimum atomic E-state index is -0.589. The molecule has 0 aliphatic carbocycles. The highest BCUT2D eigenvalue weighted by Gasteiger charge is 2.20. The molecule has 128 valence electrons. The minimum Gasteiger partial charge on any atom is -0.497 e. The van der Waals surface area contributed by atoms with Crippen LogP contribution < -0.4 is 9.64 Å². The Morgan fingerprint density at radius 1 is 1.08 bits per heavy atom. The average molecular weight is 330 g/mol. The minimum absolute atomic E-state index is 0.280. The number of methoxy groups -OCH3 is 1. The van der Waals surface area contributed by atoms with Gasteiger partial charge in [0.1, 0.15) is 11.6 Å². The molecule has 1 unspecified atom stereocenters. The molecule has 0 amide bonds. The second kappa shape index (κ2) is 7.64. The number of anilines is 1. The molecule has 1 fully saturated rings. The molecular formula is C19H23FN2O2. The van der Waals surface area contributed by atoms with E-state index < -0.39 is 6.10 Å². The van der Waals surface area contributed by atoms with Crippen LogP contribution in [0.15, 0.2) is 48.5 Å². The maximum Gasteiger partial charge on any atom is 0.123 e. The lowest BCUT2D eigenvalue weighted by Gasteiger charge is -2.37. The van der Waals surface area contributed by atoms with Crippen LogP contribution in [0, 0.1) is 5.82 Å². The van der Waals surface area contributed by atoms with E-state index in [4.69, 9.17) is 4.74 Å². The average Bonchev–Trinajstić information content (AvgIpc) is 2.63. The first-order chi connectivity index (χ1) is 11.7. The highest BCUT2D eigenvalue weighted by atomic mass is 19.1. The van der Waals surface area contributed by atoms with Crippen molar-refractivity contribution in [2.45, 2.75) is 6.10 Å². The number of benzene rings is 2. The molecule has 0 aromatic heterocycles. The number of piperazine rings is 1. The molecule has 0 bridgehead atoms. The van der Waals surface area contributed by atoms with Gasteiger partial charge in [-0.05, 0) is 29.8 Å². The molecule has 4 nitrogen and oxygen atoms in total. The Bertz CT molecular complexity index is 655. The zero-order chi connectivity index (χ0) is 16.9. The quantitative estimate of drug-likeness (QED) is 0.914. The van der Waals surface area contributed by atoms with Crippen LogP contribution in [0.3, 0.4) is 0 Å². The predicted molar refractivity (Wildman–Crippen MR) is 93.0 cm³/mol. The van der Waals surface area contributed by atoms with E-state index in [2.05, 4.69) is 15.9 Å². The van der Waals surface area contributed by atoms with Gasteiger partial charge in [-0.25, -0.2) is 4.39 Å². The van der Waals surface area contributed by atoms with Gasteiger partial charge in [-0.3, -0.25) is 4.90 Å². The number of aliphatic hydroxyl groups is 1. The smallest absolute Gasteiger partial charge is 0.123 e. The van der Waals surface area contributed by atoms with Crippen molar-refractivity contribution in [1.82, 2.24) is 4.90 Å². The summed E-state index contributed by atoms with van der Waals surface area (Å²) in [4.78, 5) is 4.56. The monoisotopic (exact) mass is 330 g/mol. The molecular weight excluding hydrogens is 307 g/mol. The molecule has 1 N–H and O–H groups in total. The van der Waals surface area contributed by atoms with E-state index in [1.54, 1.807) is 19.2 Å². The maximum atomic E-state index is 13.0. The van der Waals surface area contributed by atoms with Crippen LogP contribution in [0.2, 0.25) is 0 Å². The molecule has 1 atom stereocenters. The maximum absolute atomic E-state index is 13.0. The fourth-order valence-electron chi connectivity index (χ4n) is 3.03. The van der Waals surface area contributed by atoms with Gasteiger partial charge in [-0.1, -0.05) is 18.2 Å². The van der Waals surface area contributed by atoms with Gasteiger partial charge in [0, 0.05) is 44.5 Å². The molecule has 1 saturated heterocycles. The summed E-state index contributed by atoms with van der Waals surface area (Å²) in [7, 11) is 1.67. The summed E-state index contributed by atoms with van der Waals surface area (Å²) in [5.41, 5.74) is 1.92. The van der Waals surface area contributed by atoms with Crippen LogP contribution in [-0.4, -0.2) is 49.8 Å². The standard InChI is InChI=1S/C19H23FN2O2/c1-24-18-4-2-3-17(13-18)22-11-9-21(10-12-22)14-19(23)15-5-7-16(20)8-6-15/h2-8,13,19,23H,9-12,14H2,1H3. The summed E-state index contributed by atoms with van der Waals surface area (Å²) in [5, 5.41) is 10.3. The van der Waals surface area contributed by atoms with Crippen molar-refractivity contribution in [1.29, 1.82) is 0 Å². The number of aliphatic hydroxyl groups excluding tert-OH is 1. The summed E-state index contributed by atoms with van der Waals surface area (Å²) in [6, 6.07) is 14.1. The summed E-state index contributed by atoms with van der Waals surface area (Å²) in [6.45, 7) is 4.15. The molecule has 0 saturated carbocycles. The second-order valence-corrected chi connectivity index (χ2v) is 6.06. The van der Waals surface area contributed by atoms with Gasteiger partial charge < -0.3 is 14.7 Å². The lowest BCUT2D eigenvalue weighted by Crippen LogP contribution is -2.47. The zero-order valence-corrected chi connectivity index (χ0v) is 13.9. The van der Waals surface area contributed by atoms with E-state index in [0.29, 0.717) is 6.54 Å². The summed E-state index contributed by atoms with van der Waals surface area (Å²) in [6.07, 6.45) is -0.589. The SMILES string of the molecule is COc1cccc(N2CCN(CC(O)c3ccc(F)cc3)CC2)c1. The lowest BCUT2D eigenvalue weighted by molar-refractivity contribution is 0.109. The van der Waals surface area contributed by atoms with Crippen molar-refractivity contribution < 1.29 is 14.2 Å². The molecule has 24 heavy (non-hydrogen) atoms. The van der Waals surface area contributed by atoms with Crippen molar-refractivity contribution in [2.24, 2.45) is 0 Å². The number of hydrogen-bond donors (Lipinski definition) is 1. The van der Waals surface area contributed by atoms with Crippen LogP contribution in [0.5, 0.6) is 5.75 Å². The molecule has 0 radical (unpaired) electrons. The number of nitrogens with zero attached hydrogens (tertiary/aromatic N) is 2. The van der Waals surface area contributed by atoms with Gasteiger partial charge in [0.2, 0.25) is 0 Å². The Labute approximate surface area is 142 Å². The van der Waals surface area contributed by atoms with Gasteiger partial charge in [0.15, 0.2) is 0 Å². The molecule has 1 heterocycles. The fourth-order valence-corrected chi connectivity index (χ4v) is 3.03. The first-order valence-electron chi connectivity index (χ1n) is 8.20. The van der Waals surface area contributed by atoms with Gasteiger partial charge in [0.05, 0.1) is 13.2 Å². The molecule has 2 aromatic carbocycles. The van der Waals surface area contributed by atoms with Crippen molar-refractivity contribution in [3.05, 3.63) is 59.9 Å². The van der Waals surface area contributed by atoms with E-state index in [1.807, 2.05) is 18.2 Å². The van der Waals surface area contributed by atoms with E-state index in [0.717, 1.165) is 43.2 Å². The second-order valence-electron chi connectivity index (χ2n) is 6.06. The number of rotatable bonds is 5. The molecule has 0 spiro atoms.